The maximum atomic E-state index is 5.57. The third kappa shape index (κ3) is 4.86. The standard InChI is InChI=1S/C14H19NO/c1-3-5-9-15-12-13-7-6-8-14(11-13)16-10-4-2/h6-8,11,15H,4,9-10,12H2,1-2H3. The van der Waals surface area contributed by atoms with Gasteiger partial charge in [-0.1, -0.05) is 25.0 Å². The predicted molar refractivity (Wildman–Crippen MR) is 67.4 cm³/mol. The first-order valence-corrected chi connectivity index (χ1v) is 5.69. The van der Waals surface area contributed by atoms with Crippen LogP contribution in [0.25, 0.3) is 0 Å². The smallest absolute Gasteiger partial charge is 0.119 e. The summed E-state index contributed by atoms with van der Waals surface area (Å²) >= 11 is 0. The molecule has 0 unspecified atom stereocenters. The van der Waals surface area contributed by atoms with Gasteiger partial charge in [-0.3, -0.25) is 0 Å². The Morgan fingerprint density at radius 3 is 3.00 bits per heavy atom. The van der Waals surface area contributed by atoms with E-state index in [1.165, 1.54) is 5.56 Å². The molecule has 0 saturated carbocycles. The van der Waals surface area contributed by atoms with Crippen molar-refractivity contribution in [2.24, 2.45) is 0 Å². The van der Waals surface area contributed by atoms with Gasteiger partial charge in [0.05, 0.1) is 13.2 Å². The second-order valence-corrected chi connectivity index (χ2v) is 3.53. The Balaban J connectivity index is 2.42. The highest BCUT2D eigenvalue weighted by atomic mass is 16.5. The summed E-state index contributed by atoms with van der Waals surface area (Å²) in [6.45, 7) is 6.29. The number of rotatable bonds is 6. The summed E-state index contributed by atoms with van der Waals surface area (Å²) in [5.74, 6) is 6.78. The molecule has 0 fully saturated rings. The van der Waals surface area contributed by atoms with Gasteiger partial charge >= 0.3 is 0 Å². The van der Waals surface area contributed by atoms with Crippen molar-refractivity contribution in [3.63, 3.8) is 0 Å². The highest BCUT2D eigenvalue weighted by Crippen LogP contribution is 2.13. The molecule has 0 heterocycles. The lowest BCUT2D eigenvalue weighted by atomic mass is 10.2. The minimum Gasteiger partial charge on any atom is -0.494 e. The summed E-state index contributed by atoms with van der Waals surface area (Å²) < 4.78 is 5.57. The molecular weight excluding hydrogens is 198 g/mol. The molecule has 86 valence electrons. The van der Waals surface area contributed by atoms with E-state index in [1.807, 2.05) is 19.1 Å². The Hall–Kier alpha value is -1.46. The molecule has 0 atom stereocenters. The number of benzene rings is 1. The molecular formula is C14H19NO. The summed E-state index contributed by atoms with van der Waals surface area (Å²) in [5.41, 5.74) is 1.23. The first-order chi connectivity index (χ1) is 7.86. The average molecular weight is 217 g/mol. The lowest BCUT2D eigenvalue weighted by Crippen LogP contribution is -2.13. The van der Waals surface area contributed by atoms with Crippen LogP contribution in [0.4, 0.5) is 0 Å². The Labute approximate surface area is 98.0 Å². The van der Waals surface area contributed by atoms with Gasteiger partial charge in [-0.05, 0) is 31.0 Å². The molecule has 0 bridgehead atoms. The van der Waals surface area contributed by atoms with Gasteiger partial charge in [0.1, 0.15) is 5.75 Å². The molecule has 16 heavy (non-hydrogen) atoms. The number of ether oxygens (including phenoxy) is 1. The van der Waals surface area contributed by atoms with Crippen LogP contribution in [-0.4, -0.2) is 13.2 Å². The molecule has 1 aromatic carbocycles. The Kier molecular flexibility index (Phi) is 6.13. The number of nitrogens with one attached hydrogen (secondary N) is 1. The molecule has 0 radical (unpaired) electrons. The van der Waals surface area contributed by atoms with E-state index in [-0.39, 0.29) is 0 Å². The Morgan fingerprint density at radius 1 is 1.38 bits per heavy atom. The fourth-order valence-corrected chi connectivity index (χ4v) is 1.32. The molecule has 0 amide bonds. The maximum absolute atomic E-state index is 5.57. The van der Waals surface area contributed by atoms with E-state index < -0.39 is 0 Å². The van der Waals surface area contributed by atoms with E-state index in [0.717, 1.165) is 31.9 Å². The van der Waals surface area contributed by atoms with Crippen LogP contribution < -0.4 is 10.1 Å². The zero-order valence-electron chi connectivity index (χ0n) is 10.0. The zero-order chi connectivity index (χ0) is 11.6. The van der Waals surface area contributed by atoms with Crippen LogP contribution in [0.1, 0.15) is 25.8 Å². The van der Waals surface area contributed by atoms with Gasteiger partial charge in [-0.25, -0.2) is 0 Å². The van der Waals surface area contributed by atoms with Crippen LogP contribution in [0.5, 0.6) is 5.75 Å². The summed E-state index contributed by atoms with van der Waals surface area (Å²) in [5, 5.41) is 3.26. The lowest BCUT2D eigenvalue weighted by Gasteiger charge is -2.07. The van der Waals surface area contributed by atoms with Gasteiger partial charge in [0.25, 0.3) is 0 Å². The van der Waals surface area contributed by atoms with E-state index >= 15 is 0 Å². The highest BCUT2D eigenvalue weighted by Gasteiger charge is 1.95. The molecule has 2 nitrogen and oxygen atoms in total. The van der Waals surface area contributed by atoms with Crippen molar-refractivity contribution in [3.8, 4) is 17.6 Å². The largest absolute Gasteiger partial charge is 0.494 e. The minimum atomic E-state index is 0.733. The predicted octanol–water partition coefficient (Wildman–Crippen LogP) is 2.59. The van der Waals surface area contributed by atoms with Gasteiger partial charge < -0.3 is 10.1 Å². The molecule has 0 aliphatic rings. The van der Waals surface area contributed by atoms with E-state index in [0.29, 0.717) is 0 Å². The van der Waals surface area contributed by atoms with Crippen LogP contribution >= 0.6 is 0 Å². The molecule has 0 aliphatic carbocycles. The van der Waals surface area contributed by atoms with Crippen molar-refractivity contribution < 1.29 is 4.74 Å². The van der Waals surface area contributed by atoms with E-state index in [2.05, 4.69) is 36.2 Å². The SMILES string of the molecule is CC#CCNCc1cccc(OCCC)c1. The number of hydrogen-bond acceptors (Lipinski definition) is 2. The van der Waals surface area contributed by atoms with E-state index in [4.69, 9.17) is 4.74 Å². The van der Waals surface area contributed by atoms with Gasteiger partial charge in [0.15, 0.2) is 0 Å². The highest BCUT2D eigenvalue weighted by molar-refractivity contribution is 5.28. The summed E-state index contributed by atoms with van der Waals surface area (Å²) in [6.07, 6.45) is 1.04. The van der Waals surface area contributed by atoms with Crippen molar-refractivity contribution in [1.82, 2.24) is 5.32 Å². The molecule has 0 spiro atoms. The van der Waals surface area contributed by atoms with Gasteiger partial charge in [-0.15, -0.1) is 5.92 Å². The van der Waals surface area contributed by atoms with Crippen LogP contribution in [-0.2, 0) is 6.54 Å². The van der Waals surface area contributed by atoms with Crippen molar-refractivity contribution >= 4 is 0 Å². The van der Waals surface area contributed by atoms with E-state index in [9.17, 15) is 0 Å². The zero-order valence-corrected chi connectivity index (χ0v) is 10.0. The quantitative estimate of drug-likeness (QED) is 0.584. The molecule has 1 N–H and O–H groups in total. The second-order valence-electron chi connectivity index (χ2n) is 3.53. The van der Waals surface area contributed by atoms with Crippen molar-refractivity contribution in [2.75, 3.05) is 13.2 Å². The molecule has 2 heteroatoms. The minimum absolute atomic E-state index is 0.733. The van der Waals surface area contributed by atoms with Crippen LogP contribution in [0.15, 0.2) is 24.3 Å². The van der Waals surface area contributed by atoms with Gasteiger partial charge in [-0.2, -0.15) is 0 Å². The fourth-order valence-electron chi connectivity index (χ4n) is 1.32. The molecule has 1 rings (SSSR count). The molecule has 0 aliphatic heterocycles. The summed E-state index contributed by atoms with van der Waals surface area (Å²) in [6, 6.07) is 8.17. The topological polar surface area (TPSA) is 21.3 Å². The Bertz CT molecular complexity index is 362. The normalized spacial score (nSPS) is 9.38. The van der Waals surface area contributed by atoms with Crippen molar-refractivity contribution in [3.05, 3.63) is 29.8 Å². The van der Waals surface area contributed by atoms with Gasteiger partial charge in [0, 0.05) is 6.54 Å². The second kappa shape index (κ2) is 7.78. The first-order valence-electron chi connectivity index (χ1n) is 5.69. The van der Waals surface area contributed by atoms with Crippen molar-refractivity contribution in [2.45, 2.75) is 26.8 Å². The maximum Gasteiger partial charge on any atom is 0.119 e. The van der Waals surface area contributed by atoms with Crippen molar-refractivity contribution in [1.29, 1.82) is 0 Å². The monoisotopic (exact) mass is 217 g/mol. The first kappa shape index (κ1) is 12.6. The molecule has 0 saturated heterocycles. The van der Waals surface area contributed by atoms with Crippen LogP contribution in [0, 0.1) is 11.8 Å². The third-order valence-corrected chi connectivity index (χ3v) is 2.09. The molecule has 1 aromatic rings. The fraction of sp³-hybridized carbons (Fsp3) is 0.429. The van der Waals surface area contributed by atoms with Gasteiger partial charge in [0.2, 0.25) is 0 Å². The third-order valence-electron chi connectivity index (χ3n) is 2.09. The van der Waals surface area contributed by atoms with E-state index in [1.54, 1.807) is 0 Å². The Morgan fingerprint density at radius 2 is 2.25 bits per heavy atom. The molecule has 0 aromatic heterocycles. The van der Waals surface area contributed by atoms with Crippen LogP contribution in [0.3, 0.4) is 0 Å². The summed E-state index contributed by atoms with van der Waals surface area (Å²) in [4.78, 5) is 0. The number of hydrogen-bond donors (Lipinski definition) is 1. The summed E-state index contributed by atoms with van der Waals surface area (Å²) in [7, 11) is 0. The lowest BCUT2D eigenvalue weighted by molar-refractivity contribution is 0.317. The average Bonchev–Trinajstić information content (AvgIpc) is 2.33. The van der Waals surface area contributed by atoms with Crippen LogP contribution in [0.2, 0.25) is 0 Å².